The minimum atomic E-state index is 0.0441. The molecule has 0 saturated carbocycles. The van der Waals surface area contributed by atoms with Crippen LogP contribution in [0.25, 0.3) is 0 Å². The second-order valence-electron chi connectivity index (χ2n) is 5.36. The quantitative estimate of drug-likeness (QED) is 0.532. The summed E-state index contributed by atoms with van der Waals surface area (Å²) >= 11 is 0. The van der Waals surface area contributed by atoms with E-state index in [-0.39, 0.29) is 12.4 Å². The first-order valence-corrected chi connectivity index (χ1v) is 8.10. The molecule has 0 unspecified atom stereocenters. The SMILES string of the molecule is CCN[C@@H](C)c1ccc(C#CCOCCCOCC(C)=O)cc1. The van der Waals surface area contributed by atoms with E-state index in [0.717, 1.165) is 18.5 Å². The van der Waals surface area contributed by atoms with Gasteiger partial charge >= 0.3 is 0 Å². The second kappa shape index (κ2) is 11.8. The van der Waals surface area contributed by atoms with E-state index < -0.39 is 0 Å². The Hall–Kier alpha value is -1.67. The number of Topliss-reactive ketones (excluding diaryl/α,β-unsaturated/α-hetero) is 1. The highest BCUT2D eigenvalue weighted by Gasteiger charge is 2.01. The summed E-state index contributed by atoms with van der Waals surface area (Å²) in [6.45, 7) is 8.44. The van der Waals surface area contributed by atoms with Gasteiger partial charge in [0, 0.05) is 18.2 Å². The van der Waals surface area contributed by atoms with Gasteiger partial charge in [0.2, 0.25) is 0 Å². The number of benzene rings is 1. The lowest BCUT2D eigenvalue weighted by Gasteiger charge is -2.12. The van der Waals surface area contributed by atoms with Crippen LogP contribution in [0.15, 0.2) is 24.3 Å². The van der Waals surface area contributed by atoms with Crippen molar-refractivity contribution in [1.29, 1.82) is 0 Å². The lowest BCUT2D eigenvalue weighted by Crippen LogP contribution is -2.17. The van der Waals surface area contributed by atoms with E-state index in [9.17, 15) is 4.79 Å². The fourth-order valence-electron chi connectivity index (χ4n) is 2.02. The summed E-state index contributed by atoms with van der Waals surface area (Å²) < 4.78 is 10.6. The highest BCUT2D eigenvalue weighted by atomic mass is 16.5. The smallest absolute Gasteiger partial charge is 0.155 e. The number of carbonyl (C=O) groups is 1. The lowest BCUT2D eigenvalue weighted by molar-refractivity contribution is -0.121. The van der Waals surface area contributed by atoms with Crippen molar-refractivity contribution in [3.63, 3.8) is 0 Å². The van der Waals surface area contributed by atoms with Crippen LogP contribution >= 0.6 is 0 Å². The molecule has 4 heteroatoms. The summed E-state index contributed by atoms with van der Waals surface area (Å²) in [5.41, 5.74) is 2.25. The van der Waals surface area contributed by atoms with Crippen molar-refractivity contribution in [3.8, 4) is 11.8 Å². The summed E-state index contributed by atoms with van der Waals surface area (Å²) in [7, 11) is 0. The van der Waals surface area contributed by atoms with Crippen molar-refractivity contribution >= 4 is 5.78 Å². The zero-order valence-corrected chi connectivity index (χ0v) is 14.4. The number of carbonyl (C=O) groups excluding carboxylic acids is 1. The monoisotopic (exact) mass is 317 g/mol. The Labute approximate surface area is 139 Å². The van der Waals surface area contributed by atoms with Crippen LogP contribution in [0.5, 0.6) is 0 Å². The molecule has 0 aliphatic rings. The molecule has 0 aliphatic heterocycles. The van der Waals surface area contributed by atoms with Crippen molar-refractivity contribution in [2.24, 2.45) is 0 Å². The largest absolute Gasteiger partial charge is 0.374 e. The van der Waals surface area contributed by atoms with Gasteiger partial charge in [0.05, 0.1) is 6.61 Å². The third-order valence-corrected chi connectivity index (χ3v) is 3.21. The third kappa shape index (κ3) is 9.14. The summed E-state index contributed by atoms with van der Waals surface area (Å²) in [6, 6.07) is 8.63. The van der Waals surface area contributed by atoms with E-state index in [0.29, 0.717) is 25.9 Å². The van der Waals surface area contributed by atoms with Gasteiger partial charge < -0.3 is 14.8 Å². The molecule has 0 aromatic heterocycles. The normalized spacial score (nSPS) is 11.6. The molecule has 0 heterocycles. The van der Waals surface area contributed by atoms with Crippen molar-refractivity contribution in [2.45, 2.75) is 33.2 Å². The number of ketones is 1. The van der Waals surface area contributed by atoms with Gasteiger partial charge in [-0.15, -0.1) is 0 Å². The molecule has 1 rings (SSSR count). The fourth-order valence-corrected chi connectivity index (χ4v) is 2.02. The van der Waals surface area contributed by atoms with Gasteiger partial charge in [0.25, 0.3) is 0 Å². The summed E-state index contributed by atoms with van der Waals surface area (Å²) in [4.78, 5) is 10.7. The van der Waals surface area contributed by atoms with Crippen molar-refractivity contribution in [3.05, 3.63) is 35.4 Å². The molecule has 1 N–H and O–H groups in total. The Morgan fingerprint density at radius 1 is 1.22 bits per heavy atom. The van der Waals surface area contributed by atoms with E-state index in [1.807, 2.05) is 12.1 Å². The molecular formula is C19H27NO3. The van der Waals surface area contributed by atoms with E-state index in [4.69, 9.17) is 9.47 Å². The maximum Gasteiger partial charge on any atom is 0.155 e. The number of nitrogens with one attached hydrogen (secondary N) is 1. The van der Waals surface area contributed by atoms with Crippen LogP contribution < -0.4 is 5.32 Å². The van der Waals surface area contributed by atoms with E-state index in [2.05, 4.69) is 43.1 Å². The molecule has 126 valence electrons. The van der Waals surface area contributed by atoms with Crippen LogP contribution in [0.1, 0.15) is 44.4 Å². The first-order chi connectivity index (χ1) is 11.1. The van der Waals surface area contributed by atoms with E-state index in [1.54, 1.807) is 0 Å². The molecule has 0 saturated heterocycles. The van der Waals surface area contributed by atoms with Gasteiger partial charge in [-0.2, -0.15) is 0 Å². The Morgan fingerprint density at radius 2 is 1.91 bits per heavy atom. The van der Waals surface area contributed by atoms with Crippen LogP contribution in [0.4, 0.5) is 0 Å². The van der Waals surface area contributed by atoms with Crippen LogP contribution in [0.3, 0.4) is 0 Å². The zero-order chi connectivity index (χ0) is 16.9. The molecule has 0 radical (unpaired) electrons. The first-order valence-electron chi connectivity index (χ1n) is 8.10. The highest BCUT2D eigenvalue weighted by Crippen LogP contribution is 2.12. The van der Waals surface area contributed by atoms with E-state index >= 15 is 0 Å². The molecular weight excluding hydrogens is 290 g/mol. The number of ether oxygens (including phenoxy) is 2. The molecule has 0 bridgehead atoms. The Balaban J connectivity index is 2.20. The molecule has 0 amide bonds. The Bertz CT molecular complexity index is 514. The molecule has 0 spiro atoms. The molecule has 1 aromatic rings. The Kier molecular flexibility index (Phi) is 9.97. The number of hydrogen-bond donors (Lipinski definition) is 1. The number of hydrogen-bond acceptors (Lipinski definition) is 4. The van der Waals surface area contributed by atoms with Gasteiger partial charge in [0.1, 0.15) is 13.2 Å². The van der Waals surface area contributed by atoms with E-state index in [1.165, 1.54) is 12.5 Å². The topological polar surface area (TPSA) is 47.6 Å². The van der Waals surface area contributed by atoms with Crippen LogP contribution in [-0.2, 0) is 14.3 Å². The molecule has 4 nitrogen and oxygen atoms in total. The van der Waals surface area contributed by atoms with Gasteiger partial charge in [-0.3, -0.25) is 4.79 Å². The third-order valence-electron chi connectivity index (χ3n) is 3.21. The summed E-state index contributed by atoms with van der Waals surface area (Å²) in [6.07, 6.45) is 0.770. The van der Waals surface area contributed by atoms with Gasteiger partial charge in [-0.1, -0.05) is 30.9 Å². The fraction of sp³-hybridized carbons (Fsp3) is 0.526. The standard InChI is InChI=1S/C19H27NO3/c1-4-20-17(3)19-10-8-18(9-11-19)7-5-12-22-13-6-14-23-15-16(2)21/h8-11,17,20H,4,6,12-15H2,1-3H3/t17-/m0/s1. The first kappa shape index (κ1) is 19.4. The Morgan fingerprint density at radius 3 is 2.57 bits per heavy atom. The maximum absolute atomic E-state index is 10.7. The van der Waals surface area contributed by atoms with Gasteiger partial charge in [-0.05, 0) is 44.5 Å². The average Bonchev–Trinajstić information content (AvgIpc) is 2.54. The molecule has 0 fully saturated rings. The minimum Gasteiger partial charge on any atom is -0.374 e. The molecule has 1 atom stereocenters. The predicted molar refractivity (Wildman–Crippen MR) is 92.3 cm³/mol. The second-order valence-corrected chi connectivity index (χ2v) is 5.36. The van der Waals surface area contributed by atoms with Crippen LogP contribution in [-0.4, -0.2) is 38.8 Å². The summed E-state index contributed by atoms with van der Waals surface area (Å²) in [5, 5.41) is 3.38. The maximum atomic E-state index is 10.7. The average molecular weight is 317 g/mol. The van der Waals surface area contributed by atoms with Crippen molar-refractivity contribution in [2.75, 3.05) is 33.0 Å². The predicted octanol–water partition coefficient (Wildman–Crippen LogP) is 2.72. The molecule has 23 heavy (non-hydrogen) atoms. The highest BCUT2D eigenvalue weighted by molar-refractivity contribution is 5.76. The molecule has 0 aliphatic carbocycles. The van der Waals surface area contributed by atoms with Crippen LogP contribution in [0.2, 0.25) is 0 Å². The number of rotatable bonds is 10. The lowest BCUT2D eigenvalue weighted by atomic mass is 10.1. The van der Waals surface area contributed by atoms with Gasteiger partial charge in [-0.25, -0.2) is 0 Å². The van der Waals surface area contributed by atoms with Crippen LogP contribution in [0, 0.1) is 11.8 Å². The van der Waals surface area contributed by atoms with Crippen molar-refractivity contribution in [1.82, 2.24) is 5.32 Å². The minimum absolute atomic E-state index is 0.0441. The van der Waals surface area contributed by atoms with Crippen molar-refractivity contribution < 1.29 is 14.3 Å². The zero-order valence-electron chi connectivity index (χ0n) is 14.4. The summed E-state index contributed by atoms with van der Waals surface area (Å²) in [5.74, 6) is 6.13. The molecule has 1 aromatic carbocycles. The van der Waals surface area contributed by atoms with Gasteiger partial charge in [0.15, 0.2) is 5.78 Å².